The number of anilines is 1. The molecule has 0 fully saturated rings. The van der Waals surface area contributed by atoms with Gasteiger partial charge in [0.05, 0.1) is 13.0 Å². The van der Waals surface area contributed by atoms with Crippen molar-refractivity contribution in [2.45, 2.75) is 19.3 Å². The van der Waals surface area contributed by atoms with Crippen LogP contribution in [0.2, 0.25) is 0 Å². The van der Waals surface area contributed by atoms with Gasteiger partial charge in [-0.2, -0.15) is 0 Å². The van der Waals surface area contributed by atoms with Gasteiger partial charge in [0.2, 0.25) is 0 Å². The van der Waals surface area contributed by atoms with Crippen LogP contribution in [0.4, 0.5) is 5.69 Å². The maximum absolute atomic E-state index is 11.7. The molecule has 0 N–H and O–H groups in total. The smallest absolute Gasteiger partial charge is 0.313 e. The number of nitrogens with zero attached hydrogens (tertiary/aromatic N) is 1. The zero-order valence-electron chi connectivity index (χ0n) is 10.4. The fraction of sp³-hybridized carbons (Fsp3) is 0.462. The SMILES string of the molecule is CCC(C(=O)OC)c1ccccc1N(C)C. The van der Waals surface area contributed by atoms with E-state index in [-0.39, 0.29) is 11.9 Å². The van der Waals surface area contributed by atoms with Crippen molar-refractivity contribution >= 4 is 11.7 Å². The van der Waals surface area contributed by atoms with Crippen molar-refractivity contribution in [3.05, 3.63) is 29.8 Å². The van der Waals surface area contributed by atoms with Crippen LogP contribution in [0.3, 0.4) is 0 Å². The van der Waals surface area contributed by atoms with E-state index in [1.165, 1.54) is 7.11 Å². The first-order valence-electron chi connectivity index (χ1n) is 5.45. The van der Waals surface area contributed by atoms with Crippen molar-refractivity contribution in [1.82, 2.24) is 0 Å². The lowest BCUT2D eigenvalue weighted by Crippen LogP contribution is -2.18. The predicted octanol–water partition coefficient (Wildman–Crippen LogP) is 2.42. The van der Waals surface area contributed by atoms with Crippen molar-refractivity contribution in [2.75, 3.05) is 26.1 Å². The van der Waals surface area contributed by atoms with Crippen molar-refractivity contribution in [1.29, 1.82) is 0 Å². The van der Waals surface area contributed by atoms with Crippen molar-refractivity contribution in [3.8, 4) is 0 Å². The van der Waals surface area contributed by atoms with Crippen molar-refractivity contribution in [2.24, 2.45) is 0 Å². The molecule has 1 aromatic rings. The van der Waals surface area contributed by atoms with Gasteiger partial charge < -0.3 is 9.64 Å². The molecule has 1 unspecified atom stereocenters. The highest BCUT2D eigenvalue weighted by Gasteiger charge is 2.22. The van der Waals surface area contributed by atoms with Crippen LogP contribution in [0.25, 0.3) is 0 Å². The van der Waals surface area contributed by atoms with E-state index in [0.29, 0.717) is 0 Å². The van der Waals surface area contributed by atoms with E-state index in [9.17, 15) is 4.79 Å². The van der Waals surface area contributed by atoms with E-state index in [1.807, 2.05) is 50.2 Å². The average molecular weight is 221 g/mol. The van der Waals surface area contributed by atoms with Crippen LogP contribution >= 0.6 is 0 Å². The van der Waals surface area contributed by atoms with E-state index in [2.05, 4.69) is 0 Å². The highest BCUT2D eigenvalue weighted by molar-refractivity contribution is 5.80. The lowest BCUT2D eigenvalue weighted by atomic mass is 9.94. The fourth-order valence-electron chi connectivity index (χ4n) is 1.85. The minimum absolute atomic E-state index is 0.170. The molecule has 0 saturated heterocycles. The van der Waals surface area contributed by atoms with E-state index in [4.69, 9.17) is 4.74 Å². The molecule has 0 spiro atoms. The van der Waals surface area contributed by atoms with Crippen LogP contribution in [0.15, 0.2) is 24.3 Å². The number of esters is 1. The van der Waals surface area contributed by atoms with Gasteiger partial charge in [-0.15, -0.1) is 0 Å². The van der Waals surface area contributed by atoms with Crippen LogP contribution in [-0.4, -0.2) is 27.2 Å². The third-order valence-corrected chi connectivity index (χ3v) is 2.69. The standard InChI is InChI=1S/C13H19NO2/c1-5-10(13(15)16-4)11-8-6-7-9-12(11)14(2)3/h6-10H,5H2,1-4H3. The normalized spacial score (nSPS) is 12.0. The second-order valence-electron chi connectivity index (χ2n) is 3.94. The molecule has 1 aromatic carbocycles. The van der Waals surface area contributed by atoms with E-state index < -0.39 is 0 Å². The summed E-state index contributed by atoms with van der Waals surface area (Å²) >= 11 is 0. The number of hydrogen-bond donors (Lipinski definition) is 0. The molecule has 0 aromatic heterocycles. The summed E-state index contributed by atoms with van der Waals surface area (Å²) in [5, 5.41) is 0. The molecule has 0 radical (unpaired) electrons. The number of hydrogen-bond acceptors (Lipinski definition) is 3. The molecular weight excluding hydrogens is 202 g/mol. The summed E-state index contributed by atoms with van der Waals surface area (Å²) < 4.78 is 4.83. The molecule has 0 heterocycles. The maximum Gasteiger partial charge on any atom is 0.313 e. The van der Waals surface area contributed by atoms with Crippen molar-refractivity contribution in [3.63, 3.8) is 0 Å². The molecule has 3 nitrogen and oxygen atoms in total. The summed E-state index contributed by atoms with van der Waals surface area (Å²) in [5.74, 6) is -0.347. The Labute approximate surface area is 97.0 Å². The summed E-state index contributed by atoms with van der Waals surface area (Å²) in [6.45, 7) is 1.99. The summed E-state index contributed by atoms with van der Waals surface area (Å²) in [4.78, 5) is 13.7. The second kappa shape index (κ2) is 5.54. The molecule has 0 amide bonds. The van der Waals surface area contributed by atoms with Gasteiger partial charge in [-0.3, -0.25) is 4.79 Å². The molecule has 0 aliphatic rings. The Hall–Kier alpha value is -1.51. The van der Waals surface area contributed by atoms with Crippen LogP contribution in [-0.2, 0) is 9.53 Å². The number of rotatable bonds is 4. The largest absolute Gasteiger partial charge is 0.469 e. The van der Waals surface area contributed by atoms with Gasteiger partial charge in [0, 0.05) is 19.8 Å². The average Bonchev–Trinajstić information content (AvgIpc) is 2.30. The Morgan fingerprint density at radius 3 is 2.50 bits per heavy atom. The van der Waals surface area contributed by atoms with Crippen molar-refractivity contribution < 1.29 is 9.53 Å². The van der Waals surface area contributed by atoms with Crippen LogP contribution < -0.4 is 4.90 Å². The van der Waals surface area contributed by atoms with Gasteiger partial charge >= 0.3 is 5.97 Å². The molecule has 0 saturated carbocycles. The molecule has 88 valence electrons. The lowest BCUT2D eigenvalue weighted by molar-refractivity contribution is -0.142. The van der Waals surface area contributed by atoms with Gasteiger partial charge in [-0.25, -0.2) is 0 Å². The van der Waals surface area contributed by atoms with Gasteiger partial charge in [0.25, 0.3) is 0 Å². The zero-order valence-corrected chi connectivity index (χ0v) is 10.4. The Kier molecular flexibility index (Phi) is 4.35. The zero-order chi connectivity index (χ0) is 12.1. The highest BCUT2D eigenvalue weighted by Crippen LogP contribution is 2.29. The molecular formula is C13H19NO2. The molecule has 0 aliphatic heterocycles. The lowest BCUT2D eigenvalue weighted by Gasteiger charge is -2.21. The predicted molar refractivity (Wildman–Crippen MR) is 65.8 cm³/mol. The van der Waals surface area contributed by atoms with E-state index >= 15 is 0 Å². The Bertz CT molecular complexity index is 361. The monoisotopic (exact) mass is 221 g/mol. The number of para-hydroxylation sites is 1. The summed E-state index contributed by atoms with van der Waals surface area (Å²) in [7, 11) is 5.38. The van der Waals surface area contributed by atoms with Gasteiger partial charge in [0.1, 0.15) is 0 Å². The molecule has 3 heteroatoms. The Balaban J connectivity index is 3.14. The quantitative estimate of drug-likeness (QED) is 0.731. The number of ether oxygens (including phenoxy) is 1. The molecule has 0 aliphatic carbocycles. The van der Waals surface area contributed by atoms with Crippen LogP contribution in [0.5, 0.6) is 0 Å². The Morgan fingerprint density at radius 2 is 2.00 bits per heavy atom. The molecule has 16 heavy (non-hydrogen) atoms. The number of carbonyl (C=O) groups is 1. The highest BCUT2D eigenvalue weighted by atomic mass is 16.5. The third kappa shape index (κ3) is 2.54. The first-order chi connectivity index (χ1) is 7.61. The minimum atomic E-state index is -0.177. The first kappa shape index (κ1) is 12.6. The van der Waals surface area contributed by atoms with E-state index in [1.54, 1.807) is 0 Å². The van der Waals surface area contributed by atoms with Crippen LogP contribution in [0.1, 0.15) is 24.8 Å². The number of methoxy groups -OCH3 is 1. The summed E-state index contributed by atoms with van der Waals surface area (Å²) in [6, 6.07) is 7.93. The number of benzene rings is 1. The van der Waals surface area contributed by atoms with Crippen LogP contribution in [0, 0.1) is 0 Å². The molecule has 0 bridgehead atoms. The van der Waals surface area contributed by atoms with E-state index in [0.717, 1.165) is 17.7 Å². The topological polar surface area (TPSA) is 29.5 Å². The fourth-order valence-corrected chi connectivity index (χ4v) is 1.85. The second-order valence-corrected chi connectivity index (χ2v) is 3.94. The summed E-state index contributed by atoms with van der Waals surface area (Å²) in [6.07, 6.45) is 0.748. The first-order valence-corrected chi connectivity index (χ1v) is 5.45. The number of carbonyl (C=O) groups excluding carboxylic acids is 1. The third-order valence-electron chi connectivity index (χ3n) is 2.69. The Morgan fingerprint density at radius 1 is 1.38 bits per heavy atom. The van der Waals surface area contributed by atoms with Gasteiger partial charge in [-0.1, -0.05) is 25.1 Å². The summed E-state index contributed by atoms with van der Waals surface area (Å²) in [5.41, 5.74) is 2.10. The molecule has 1 rings (SSSR count). The van der Waals surface area contributed by atoms with Gasteiger partial charge in [0.15, 0.2) is 0 Å². The minimum Gasteiger partial charge on any atom is -0.469 e. The maximum atomic E-state index is 11.7. The van der Waals surface area contributed by atoms with Gasteiger partial charge in [-0.05, 0) is 18.1 Å². The molecule has 1 atom stereocenters.